The zero-order chi connectivity index (χ0) is 53.8. The molecular formula is C55H106N8O4S3. The van der Waals surface area contributed by atoms with E-state index in [0.717, 1.165) is 145 Å². The van der Waals surface area contributed by atoms with Gasteiger partial charge < -0.3 is 17.2 Å². The lowest BCUT2D eigenvalue weighted by Gasteiger charge is -2.24. The number of amidine groups is 2. The van der Waals surface area contributed by atoms with Crippen LogP contribution in [0.15, 0.2) is 22.1 Å². The molecule has 70 heavy (non-hydrogen) atoms. The summed E-state index contributed by atoms with van der Waals surface area (Å²) in [6.07, 6.45) is 19.8. The SMILES string of the molecule is CC(C)C(CCCCN)C(C)C.CC(C)C(CCCCN=C(N)CCCS)C(C)C.CC(C)C(CCCCN=C(N)CCCSC1CC(=O)N(C)C1=O)C(C)C.CN1C(=O)C=CC1=O.N=C1CCCS1. The second-order valence-corrected chi connectivity index (χ2v) is 24.2. The molecule has 1 unspecified atom stereocenters. The van der Waals surface area contributed by atoms with E-state index in [1.54, 1.807) is 30.6 Å². The fourth-order valence-corrected chi connectivity index (χ4v) is 11.1. The number of carbonyl (C=O) groups is 4. The summed E-state index contributed by atoms with van der Waals surface area (Å²) in [6, 6.07) is 0. The van der Waals surface area contributed by atoms with Crippen LogP contribution in [0.25, 0.3) is 0 Å². The molecule has 2 fully saturated rings. The van der Waals surface area contributed by atoms with Crippen LogP contribution in [-0.2, 0) is 19.2 Å². The first kappa shape index (κ1) is 69.7. The number of nitrogens with one attached hydrogen (secondary N) is 1. The van der Waals surface area contributed by atoms with E-state index in [2.05, 4.69) is 106 Å². The highest BCUT2D eigenvalue weighted by atomic mass is 32.2. The maximum absolute atomic E-state index is 11.8. The number of rotatable bonds is 28. The Labute approximate surface area is 443 Å². The van der Waals surface area contributed by atoms with Crippen molar-refractivity contribution in [2.45, 2.75) is 191 Å². The van der Waals surface area contributed by atoms with E-state index in [1.807, 2.05) is 0 Å². The van der Waals surface area contributed by atoms with E-state index < -0.39 is 0 Å². The third kappa shape index (κ3) is 34.1. The molecular weight excluding hydrogens is 933 g/mol. The molecule has 0 aromatic carbocycles. The lowest BCUT2D eigenvalue weighted by molar-refractivity contribution is -0.137. The zero-order valence-electron chi connectivity index (χ0n) is 46.9. The Hall–Kier alpha value is -2.36. The maximum atomic E-state index is 11.8. The lowest BCUT2D eigenvalue weighted by atomic mass is 9.82. The van der Waals surface area contributed by atoms with Gasteiger partial charge in [0, 0.05) is 58.6 Å². The highest BCUT2D eigenvalue weighted by Gasteiger charge is 2.36. The molecule has 3 aliphatic rings. The van der Waals surface area contributed by atoms with Crippen LogP contribution in [-0.4, -0.2) is 106 Å². The van der Waals surface area contributed by atoms with Gasteiger partial charge in [0.15, 0.2) is 0 Å². The fourth-order valence-electron chi connectivity index (χ4n) is 8.99. The second kappa shape index (κ2) is 42.0. The molecule has 3 heterocycles. The van der Waals surface area contributed by atoms with Gasteiger partial charge in [0.25, 0.3) is 11.8 Å². The quantitative estimate of drug-likeness (QED) is 0.0166. The van der Waals surface area contributed by atoms with Gasteiger partial charge in [0.1, 0.15) is 0 Å². The van der Waals surface area contributed by atoms with E-state index in [9.17, 15) is 19.2 Å². The molecule has 7 N–H and O–H groups in total. The molecule has 2 saturated heterocycles. The molecule has 12 nitrogen and oxygen atoms in total. The molecule has 0 spiro atoms. The number of thiol groups is 1. The highest BCUT2D eigenvalue weighted by Crippen LogP contribution is 2.28. The Morgan fingerprint density at radius 1 is 0.671 bits per heavy atom. The van der Waals surface area contributed by atoms with Crippen LogP contribution < -0.4 is 17.2 Å². The molecule has 0 aliphatic carbocycles. The van der Waals surface area contributed by atoms with Crippen molar-refractivity contribution in [2.24, 2.45) is 80.4 Å². The Morgan fingerprint density at radius 3 is 1.37 bits per heavy atom. The number of aliphatic imine (C=N–C) groups is 2. The minimum Gasteiger partial charge on any atom is -0.387 e. The van der Waals surface area contributed by atoms with Crippen molar-refractivity contribution in [3.05, 3.63) is 12.2 Å². The molecule has 15 heteroatoms. The summed E-state index contributed by atoms with van der Waals surface area (Å²) in [5, 5.41) is 7.67. The van der Waals surface area contributed by atoms with Crippen LogP contribution in [0.3, 0.4) is 0 Å². The van der Waals surface area contributed by atoms with Crippen molar-refractivity contribution in [2.75, 3.05) is 51.0 Å². The number of thioether (sulfide) groups is 2. The highest BCUT2D eigenvalue weighted by molar-refractivity contribution is 8.14. The normalized spacial score (nSPS) is 16.4. The van der Waals surface area contributed by atoms with E-state index in [1.165, 1.54) is 81.2 Å². The summed E-state index contributed by atoms with van der Waals surface area (Å²) in [6.45, 7) is 30.4. The van der Waals surface area contributed by atoms with E-state index in [-0.39, 0.29) is 28.9 Å². The number of likely N-dealkylation sites (tertiary alicyclic amines) is 1. The van der Waals surface area contributed by atoms with Gasteiger partial charge in [-0.3, -0.25) is 44.4 Å². The zero-order valence-corrected chi connectivity index (χ0v) is 49.4. The van der Waals surface area contributed by atoms with Crippen molar-refractivity contribution in [1.29, 1.82) is 5.41 Å². The molecule has 4 amide bonds. The van der Waals surface area contributed by atoms with Crippen LogP contribution in [0.4, 0.5) is 0 Å². The Balaban J connectivity index is 0. The number of nitrogens with two attached hydrogens (primary N) is 3. The standard InChI is InChI=1S/C20H37N3O2S.C15H32N2S.C11H25N.C5H5NO2.C4H7NS/c1-14(2)16(15(3)4)9-6-7-11-22-18(21)10-8-12-26-17-13-19(24)23(5)20(17)25;1-12(2)14(13(3)4)8-5-6-10-17-15(16)9-7-11-18;1-9(2)11(10(3)4)7-5-6-8-12;1-6-4(7)2-3-5(6)8;5-4-2-1-3-6-4/h14-17H,6-13H2,1-5H3,(H2,21,22);12-14,18H,5-11H2,1-4H3,(H2,16,17);9-11H,5-8,12H2,1-4H3;2-3H,1H3;5H,1-3H2. The maximum Gasteiger partial charge on any atom is 0.253 e. The summed E-state index contributed by atoms with van der Waals surface area (Å²) >= 11 is 7.41. The van der Waals surface area contributed by atoms with Crippen molar-refractivity contribution < 1.29 is 19.2 Å². The molecule has 1 atom stereocenters. The first-order valence-electron chi connectivity index (χ1n) is 26.9. The minimum absolute atomic E-state index is 0.0669. The Morgan fingerprint density at radius 2 is 1.09 bits per heavy atom. The van der Waals surface area contributed by atoms with Gasteiger partial charge in [0.2, 0.25) is 11.8 Å². The van der Waals surface area contributed by atoms with Gasteiger partial charge in [0.05, 0.1) is 22.0 Å². The number of amides is 4. The number of hydrogen-bond donors (Lipinski definition) is 5. The smallest absolute Gasteiger partial charge is 0.253 e. The summed E-state index contributed by atoms with van der Waals surface area (Å²) in [5.74, 6) is 11.0. The van der Waals surface area contributed by atoms with Crippen molar-refractivity contribution in [1.82, 2.24) is 9.80 Å². The fraction of sp³-hybridized carbons (Fsp3) is 0.836. The Bertz CT molecular complexity index is 1480. The molecule has 0 radical (unpaired) electrons. The summed E-state index contributed by atoms with van der Waals surface area (Å²) in [4.78, 5) is 55.3. The van der Waals surface area contributed by atoms with Gasteiger partial charge >= 0.3 is 0 Å². The van der Waals surface area contributed by atoms with Crippen molar-refractivity contribution >= 4 is 76.5 Å². The average molecular weight is 1040 g/mol. The van der Waals surface area contributed by atoms with Crippen LogP contribution in [0.1, 0.15) is 186 Å². The monoisotopic (exact) mass is 1040 g/mol. The molecule has 0 saturated carbocycles. The summed E-state index contributed by atoms with van der Waals surface area (Å²) < 4.78 is 0. The van der Waals surface area contributed by atoms with E-state index >= 15 is 0 Å². The molecule has 0 bridgehead atoms. The number of nitrogens with zero attached hydrogens (tertiary/aromatic N) is 4. The predicted molar refractivity (Wildman–Crippen MR) is 310 cm³/mol. The van der Waals surface area contributed by atoms with Crippen LogP contribution >= 0.6 is 36.2 Å². The van der Waals surface area contributed by atoms with Crippen LogP contribution in [0.5, 0.6) is 0 Å². The van der Waals surface area contributed by atoms with Gasteiger partial charge in [-0.2, -0.15) is 12.6 Å². The van der Waals surface area contributed by atoms with Gasteiger partial charge in [-0.15, -0.1) is 23.5 Å². The number of likely N-dealkylation sites (N-methyl/N-ethyl adjacent to an activating group) is 1. The third-order valence-electron chi connectivity index (χ3n) is 13.3. The van der Waals surface area contributed by atoms with Crippen molar-refractivity contribution in [3.63, 3.8) is 0 Å². The average Bonchev–Trinajstić information content (AvgIpc) is 3.96. The minimum atomic E-state index is -0.241. The van der Waals surface area contributed by atoms with Crippen LogP contribution in [0, 0.1) is 58.7 Å². The third-order valence-corrected chi connectivity index (χ3v) is 16.0. The molecule has 0 aromatic rings. The van der Waals surface area contributed by atoms with Gasteiger partial charge in [-0.05, 0) is 141 Å². The summed E-state index contributed by atoms with van der Waals surface area (Å²) in [5.41, 5.74) is 17.3. The predicted octanol–water partition coefficient (Wildman–Crippen LogP) is 11.9. The topological polar surface area (TPSA) is 201 Å². The second-order valence-electron chi connectivity index (χ2n) is 21.2. The first-order chi connectivity index (χ1) is 32.9. The molecule has 3 rings (SSSR count). The number of hydrogen-bond acceptors (Lipinski definition) is 11. The van der Waals surface area contributed by atoms with Gasteiger partial charge in [-0.25, -0.2) is 0 Å². The van der Waals surface area contributed by atoms with Crippen LogP contribution in [0.2, 0.25) is 0 Å². The number of carbonyl (C=O) groups excluding carboxylic acids is 4. The lowest BCUT2D eigenvalue weighted by Crippen LogP contribution is -2.26. The van der Waals surface area contributed by atoms with Crippen molar-refractivity contribution in [3.8, 4) is 0 Å². The summed E-state index contributed by atoms with van der Waals surface area (Å²) in [7, 11) is 3.01. The molecule has 0 aromatic heterocycles. The van der Waals surface area contributed by atoms with Gasteiger partial charge in [-0.1, -0.05) is 102 Å². The number of imide groups is 2. The number of unbranched alkanes of at least 4 members (excludes halogenated alkanes) is 3. The van der Waals surface area contributed by atoms with E-state index in [0.29, 0.717) is 12.3 Å². The Kier molecular flexibility index (Phi) is 41.9. The largest absolute Gasteiger partial charge is 0.387 e. The molecule has 408 valence electrons. The molecule has 3 aliphatic heterocycles. The first-order valence-corrected chi connectivity index (χ1v) is 29.6. The van der Waals surface area contributed by atoms with E-state index in [4.69, 9.17) is 22.6 Å².